The van der Waals surface area contributed by atoms with E-state index in [1.165, 1.54) is 0 Å². The van der Waals surface area contributed by atoms with E-state index in [2.05, 4.69) is 27.3 Å². The first-order valence-corrected chi connectivity index (χ1v) is 13.6. The molecule has 3 heterocycles. The molecule has 0 unspecified atom stereocenters. The smallest absolute Gasteiger partial charge is 0.317 e. The van der Waals surface area contributed by atoms with Crippen LogP contribution in [0.1, 0.15) is 23.4 Å². The van der Waals surface area contributed by atoms with Crippen LogP contribution in [0.25, 0.3) is 16.8 Å². The third kappa shape index (κ3) is 6.33. The van der Waals surface area contributed by atoms with Crippen LogP contribution in [0.3, 0.4) is 0 Å². The molecule has 5 rings (SSSR count). The summed E-state index contributed by atoms with van der Waals surface area (Å²) in [7, 11) is 3.96. The number of benzene rings is 2. The molecular formula is C30H35N7O3. The van der Waals surface area contributed by atoms with E-state index in [1.807, 2.05) is 37.2 Å². The largest absolute Gasteiger partial charge is 0.508 e. The minimum Gasteiger partial charge on any atom is -0.508 e. The van der Waals surface area contributed by atoms with Gasteiger partial charge >= 0.3 is 6.01 Å². The maximum Gasteiger partial charge on any atom is 0.317 e. The zero-order chi connectivity index (χ0) is 28.1. The van der Waals surface area contributed by atoms with Crippen molar-refractivity contribution in [3.05, 3.63) is 59.4 Å². The van der Waals surface area contributed by atoms with Crippen molar-refractivity contribution in [1.29, 1.82) is 5.26 Å². The van der Waals surface area contributed by atoms with Crippen LogP contribution in [0.4, 0.5) is 5.69 Å². The van der Waals surface area contributed by atoms with E-state index in [0.29, 0.717) is 57.9 Å². The average Bonchev–Trinajstić information content (AvgIpc) is 2.95. The van der Waals surface area contributed by atoms with Crippen molar-refractivity contribution in [2.24, 2.45) is 0 Å². The standard InChI is InChI=1S/C30H35N7O3/c1-35(2)15-16-40-30-33-26(7-8-29(39)37-14-12-32-22(19-37)9-11-31)25-10-13-36(20-27(25)34-30)28-18-23(38)17-21-5-3-4-6-24(21)28/h3-8,17-18,22,32,38H,9-10,12-16,19-20H2,1-2H3/t22-/m0/s1. The minimum absolute atomic E-state index is 0.0147. The molecule has 3 aromatic rings. The van der Waals surface area contributed by atoms with Gasteiger partial charge in [0.05, 0.1) is 30.4 Å². The number of phenols is 1. The van der Waals surface area contributed by atoms with Crippen LogP contribution < -0.4 is 15.0 Å². The fourth-order valence-corrected chi connectivity index (χ4v) is 5.23. The van der Waals surface area contributed by atoms with E-state index in [0.717, 1.165) is 34.3 Å². The first-order valence-electron chi connectivity index (χ1n) is 13.6. The molecule has 2 N–H and O–H groups in total. The summed E-state index contributed by atoms with van der Waals surface area (Å²) in [5.74, 6) is 0.123. The van der Waals surface area contributed by atoms with Gasteiger partial charge in [-0.15, -0.1) is 0 Å². The molecule has 10 nitrogen and oxygen atoms in total. The van der Waals surface area contributed by atoms with Gasteiger partial charge in [0.1, 0.15) is 12.4 Å². The molecule has 0 bridgehead atoms. The number of aromatic hydroxyl groups is 1. The number of ether oxygens (including phenoxy) is 1. The summed E-state index contributed by atoms with van der Waals surface area (Å²) < 4.78 is 5.93. The molecule has 0 aliphatic carbocycles. The quantitative estimate of drug-likeness (QED) is 0.415. The first kappa shape index (κ1) is 27.4. The second-order valence-electron chi connectivity index (χ2n) is 10.5. The Morgan fingerprint density at radius 3 is 2.95 bits per heavy atom. The third-order valence-electron chi connectivity index (χ3n) is 7.30. The zero-order valence-electron chi connectivity index (χ0n) is 23.0. The number of rotatable bonds is 8. The molecule has 2 aromatic carbocycles. The summed E-state index contributed by atoms with van der Waals surface area (Å²) in [6.45, 7) is 4.17. The van der Waals surface area contributed by atoms with Gasteiger partial charge in [-0.3, -0.25) is 4.79 Å². The molecule has 2 aliphatic heterocycles. The van der Waals surface area contributed by atoms with Crippen molar-refractivity contribution in [2.75, 3.05) is 58.3 Å². The molecule has 1 fully saturated rings. The lowest BCUT2D eigenvalue weighted by atomic mass is 10.00. The molecule has 2 aliphatic rings. The van der Waals surface area contributed by atoms with Crippen molar-refractivity contribution >= 4 is 28.4 Å². The molecular weight excluding hydrogens is 506 g/mol. The van der Waals surface area contributed by atoms with Crippen LogP contribution in [-0.4, -0.2) is 90.2 Å². The van der Waals surface area contributed by atoms with Gasteiger partial charge in [-0.05, 0) is 38.0 Å². The van der Waals surface area contributed by atoms with E-state index in [-0.39, 0.29) is 23.7 Å². The number of carbonyl (C=O) groups excluding carboxylic acids is 1. The number of phenolic OH excluding ortho intramolecular Hbond substituents is 1. The van der Waals surface area contributed by atoms with E-state index in [4.69, 9.17) is 15.0 Å². The number of carbonyl (C=O) groups is 1. The number of nitrogens with zero attached hydrogens (tertiary/aromatic N) is 6. The van der Waals surface area contributed by atoms with Crippen molar-refractivity contribution < 1.29 is 14.6 Å². The Hall–Kier alpha value is -4.20. The molecule has 1 saturated heterocycles. The van der Waals surface area contributed by atoms with E-state index >= 15 is 0 Å². The number of nitriles is 1. The summed E-state index contributed by atoms with van der Waals surface area (Å²) in [5.41, 5.74) is 3.47. The van der Waals surface area contributed by atoms with Gasteiger partial charge in [-0.2, -0.15) is 15.2 Å². The minimum atomic E-state index is -0.101. The first-order chi connectivity index (χ1) is 19.4. The molecule has 0 radical (unpaired) electrons. The molecule has 1 aromatic heterocycles. The fourth-order valence-electron chi connectivity index (χ4n) is 5.23. The van der Waals surface area contributed by atoms with Crippen LogP contribution >= 0.6 is 0 Å². The maximum atomic E-state index is 13.0. The normalized spacial score (nSPS) is 17.3. The Morgan fingerprint density at radius 2 is 2.12 bits per heavy atom. The van der Waals surface area contributed by atoms with Crippen molar-refractivity contribution in [2.45, 2.75) is 25.4 Å². The topological polar surface area (TPSA) is 118 Å². The molecule has 1 atom stereocenters. The summed E-state index contributed by atoms with van der Waals surface area (Å²) in [4.78, 5) is 28.5. The van der Waals surface area contributed by atoms with E-state index in [9.17, 15) is 9.90 Å². The summed E-state index contributed by atoms with van der Waals surface area (Å²) in [6, 6.07) is 14.0. The van der Waals surface area contributed by atoms with Gasteiger partial charge in [0.15, 0.2) is 0 Å². The van der Waals surface area contributed by atoms with Crippen molar-refractivity contribution in [1.82, 2.24) is 25.1 Å². The Morgan fingerprint density at radius 1 is 1.27 bits per heavy atom. The Labute approximate surface area is 234 Å². The van der Waals surface area contributed by atoms with Crippen LogP contribution in [0, 0.1) is 11.3 Å². The molecule has 10 heteroatoms. The van der Waals surface area contributed by atoms with Crippen LogP contribution in [-0.2, 0) is 17.8 Å². The average molecular weight is 542 g/mol. The Balaban J connectivity index is 1.42. The summed E-state index contributed by atoms with van der Waals surface area (Å²) >= 11 is 0. The molecule has 208 valence electrons. The number of anilines is 1. The number of nitrogens with one attached hydrogen (secondary N) is 1. The Bertz CT molecular complexity index is 1450. The van der Waals surface area contributed by atoms with E-state index in [1.54, 1.807) is 29.2 Å². The second-order valence-corrected chi connectivity index (χ2v) is 10.5. The number of likely N-dealkylation sites (N-methyl/N-ethyl adjacent to an activating group) is 1. The van der Waals surface area contributed by atoms with Crippen LogP contribution in [0.2, 0.25) is 0 Å². The highest BCUT2D eigenvalue weighted by Crippen LogP contribution is 2.35. The number of aromatic nitrogens is 2. The van der Waals surface area contributed by atoms with Crippen LogP contribution in [0.5, 0.6) is 11.8 Å². The predicted molar refractivity (Wildman–Crippen MR) is 154 cm³/mol. The number of piperazine rings is 1. The zero-order valence-corrected chi connectivity index (χ0v) is 23.0. The highest BCUT2D eigenvalue weighted by atomic mass is 16.5. The maximum absolute atomic E-state index is 13.0. The van der Waals surface area contributed by atoms with Gasteiger partial charge < -0.3 is 29.9 Å². The lowest BCUT2D eigenvalue weighted by Gasteiger charge is -2.32. The monoisotopic (exact) mass is 541 g/mol. The van der Waals surface area contributed by atoms with Gasteiger partial charge in [0.2, 0.25) is 5.91 Å². The van der Waals surface area contributed by atoms with Crippen LogP contribution in [0.15, 0.2) is 42.5 Å². The molecule has 40 heavy (non-hydrogen) atoms. The number of fused-ring (bicyclic) bond motifs is 2. The van der Waals surface area contributed by atoms with Gasteiger partial charge in [-0.1, -0.05) is 24.3 Å². The van der Waals surface area contributed by atoms with Gasteiger partial charge in [0.25, 0.3) is 0 Å². The van der Waals surface area contributed by atoms with Crippen molar-refractivity contribution in [3.8, 4) is 17.8 Å². The number of hydrogen-bond acceptors (Lipinski definition) is 9. The fraction of sp³-hybridized carbons (Fsp3) is 0.400. The highest BCUT2D eigenvalue weighted by Gasteiger charge is 2.25. The number of amides is 1. The number of hydrogen-bond donors (Lipinski definition) is 2. The van der Waals surface area contributed by atoms with Gasteiger partial charge in [-0.25, -0.2) is 0 Å². The summed E-state index contributed by atoms with van der Waals surface area (Å²) in [5, 5.41) is 24.8. The van der Waals surface area contributed by atoms with Gasteiger partial charge in [0, 0.05) is 67.5 Å². The molecule has 0 saturated carbocycles. The summed E-state index contributed by atoms with van der Waals surface area (Å²) in [6.07, 6.45) is 4.38. The van der Waals surface area contributed by atoms with Crippen molar-refractivity contribution in [3.63, 3.8) is 0 Å². The molecule has 0 spiro atoms. The highest BCUT2D eigenvalue weighted by molar-refractivity contribution is 5.96. The Kier molecular flexibility index (Phi) is 8.43. The SMILES string of the molecule is CN(C)CCOc1nc(C=CC(=O)N2CCN[C@@H](CC#N)C2)c2c(n1)CN(c1cc(O)cc3ccccc13)CC2. The lowest BCUT2D eigenvalue weighted by Crippen LogP contribution is -2.52. The predicted octanol–water partition coefficient (Wildman–Crippen LogP) is 2.57. The second kappa shape index (κ2) is 12.3. The third-order valence-corrected chi connectivity index (χ3v) is 7.30. The molecule has 1 amide bonds. The van der Waals surface area contributed by atoms with E-state index < -0.39 is 0 Å². The lowest BCUT2D eigenvalue weighted by molar-refractivity contribution is -0.127.